The topological polar surface area (TPSA) is 52.5 Å². The molecule has 90 valence electrons. The molecule has 1 unspecified atom stereocenters. The number of nitrogens with one attached hydrogen (secondary N) is 1. The van der Waals surface area contributed by atoms with Crippen LogP contribution in [0.25, 0.3) is 0 Å². The van der Waals surface area contributed by atoms with E-state index in [1.54, 1.807) is 12.1 Å². The fourth-order valence-corrected chi connectivity index (χ4v) is 1.97. The molecule has 1 aromatic carbocycles. The van der Waals surface area contributed by atoms with Gasteiger partial charge in [0.15, 0.2) is 0 Å². The number of benzene rings is 1. The van der Waals surface area contributed by atoms with Crippen molar-refractivity contribution in [3.8, 4) is 5.75 Å². The highest BCUT2D eigenvalue weighted by atomic mass is 16.3. The third-order valence-corrected chi connectivity index (χ3v) is 2.86. The van der Waals surface area contributed by atoms with Gasteiger partial charge in [0.05, 0.1) is 12.1 Å². The largest absolute Gasteiger partial charge is 0.508 e. The molecule has 0 aromatic heterocycles. The van der Waals surface area contributed by atoms with Crippen molar-refractivity contribution >= 4 is 0 Å². The molecule has 0 saturated carbocycles. The molecule has 0 aliphatic rings. The number of hydrogen-bond donors (Lipinski definition) is 3. The second-order valence-corrected chi connectivity index (χ2v) is 4.44. The third kappa shape index (κ3) is 2.74. The molecule has 0 fully saturated rings. The molecule has 0 bridgehead atoms. The van der Waals surface area contributed by atoms with Crippen LogP contribution in [-0.2, 0) is 5.54 Å². The van der Waals surface area contributed by atoms with Crippen molar-refractivity contribution in [2.24, 2.45) is 0 Å². The Morgan fingerprint density at radius 1 is 1.25 bits per heavy atom. The van der Waals surface area contributed by atoms with Crippen molar-refractivity contribution in [1.29, 1.82) is 0 Å². The van der Waals surface area contributed by atoms with Gasteiger partial charge in [-0.15, -0.1) is 0 Å². The molecule has 0 radical (unpaired) electrons. The number of phenols is 1. The summed E-state index contributed by atoms with van der Waals surface area (Å²) in [5, 5.41) is 22.3. The van der Waals surface area contributed by atoms with Crippen molar-refractivity contribution in [2.45, 2.75) is 38.8 Å². The van der Waals surface area contributed by atoms with E-state index in [2.05, 4.69) is 19.2 Å². The predicted molar refractivity (Wildman–Crippen MR) is 65.4 cm³/mol. The summed E-state index contributed by atoms with van der Waals surface area (Å²) in [4.78, 5) is 0. The van der Waals surface area contributed by atoms with Gasteiger partial charge in [0.25, 0.3) is 0 Å². The van der Waals surface area contributed by atoms with Crippen molar-refractivity contribution in [3.63, 3.8) is 0 Å². The van der Waals surface area contributed by atoms with Crippen LogP contribution in [0, 0.1) is 0 Å². The molecule has 0 aliphatic carbocycles. The number of hydrogen-bond acceptors (Lipinski definition) is 3. The van der Waals surface area contributed by atoms with Gasteiger partial charge in [-0.1, -0.05) is 19.1 Å². The predicted octanol–water partition coefficient (Wildman–Crippen LogP) is 1.99. The summed E-state index contributed by atoms with van der Waals surface area (Å²) in [5.41, 5.74) is 0.589. The summed E-state index contributed by atoms with van der Waals surface area (Å²) >= 11 is 0. The fourth-order valence-electron chi connectivity index (χ4n) is 1.97. The lowest BCUT2D eigenvalue weighted by atomic mass is 9.87. The van der Waals surface area contributed by atoms with E-state index < -0.39 is 5.54 Å². The molecule has 0 spiro atoms. The van der Waals surface area contributed by atoms with Gasteiger partial charge in [-0.05, 0) is 38.0 Å². The van der Waals surface area contributed by atoms with Crippen molar-refractivity contribution < 1.29 is 10.2 Å². The molecule has 1 aromatic rings. The highest BCUT2D eigenvalue weighted by molar-refractivity contribution is 5.31. The molecule has 3 nitrogen and oxygen atoms in total. The monoisotopic (exact) mass is 223 g/mol. The Kier molecular flexibility index (Phi) is 4.33. The number of phenolic OH excluding ortho intramolecular Hbond substituents is 1. The van der Waals surface area contributed by atoms with Gasteiger partial charge in [-0.25, -0.2) is 0 Å². The second-order valence-electron chi connectivity index (χ2n) is 4.44. The number of aliphatic hydroxyl groups is 1. The normalized spacial score (nSPS) is 15.1. The lowest BCUT2D eigenvalue weighted by molar-refractivity contribution is 0.146. The summed E-state index contributed by atoms with van der Waals surface area (Å²) in [6, 6.07) is 7.30. The summed E-state index contributed by atoms with van der Waals surface area (Å²) in [7, 11) is 0. The van der Waals surface area contributed by atoms with E-state index in [1.807, 2.05) is 19.1 Å². The highest BCUT2D eigenvalue weighted by Crippen LogP contribution is 2.26. The average molecular weight is 223 g/mol. The van der Waals surface area contributed by atoms with E-state index in [0.29, 0.717) is 6.04 Å². The molecule has 1 atom stereocenters. The Morgan fingerprint density at radius 3 is 2.19 bits per heavy atom. The van der Waals surface area contributed by atoms with Crippen LogP contribution < -0.4 is 5.32 Å². The van der Waals surface area contributed by atoms with Gasteiger partial charge in [0, 0.05) is 6.04 Å². The zero-order chi connectivity index (χ0) is 12.2. The lowest BCUT2D eigenvalue weighted by Gasteiger charge is -2.34. The van der Waals surface area contributed by atoms with Crippen LogP contribution in [0.15, 0.2) is 24.3 Å². The molecular formula is C13H21NO2. The van der Waals surface area contributed by atoms with E-state index in [-0.39, 0.29) is 12.4 Å². The molecule has 3 N–H and O–H groups in total. The zero-order valence-corrected chi connectivity index (χ0v) is 10.2. The summed E-state index contributed by atoms with van der Waals surface area (Å²) in [6.07, 6.45) is 0.798. The standard InChI is InChI=1S/C13H21NO2/c1-4-13(9-15,14-10(2)3)11-5-7-12(16)8-6-11/h5-8,10,14-16H,4,9H2,1-3H3. The summed E-state index contributed by atoms with van der Waals surface area (Å²) < 4.78 is 0. The molecule has 16 heavy (non-hydrogen) atoms. The van der Waals surface area contributed by atoms with Gasteiger partial charge < -0.3 is 15.5 Å². The van der Waals surface area contributed by atoms with Crippen LogP contribution in [0.1, 0.15) is 32.8 Å². The molecule has 0 heterocycles. The molecule has 1 rings (SSSR count). The van der Waals surface area contributed by atoms with E-state index in [4.69, 9.17) is 0 Å². The number of rotatable bonds is 5. The van der Waals surface area contributed by atoms with Gasteiger partial charge in [0.2, 0.25) is 0 Å². The Hall–Kier alpha value is -1.06. The highest BCUT2D eigenvalue weighted by Gasteiger charge is 2.29. The SMILES string of the molecule is CCC(CO)(NC(C)C)c1ccc(O)cc1. The van der Waals surface area contributed by atoms with E-state index in [0.717, 1.165) is 12.0 Å². The minimum absolute atomic E-state index is 0.0481. The smallest absolute Gasteiger partial charge is 0.115 e. The minimum Gasteiger partial charge on any atom is -0.508 e. The lowest BCUT2D eigenvalue weighted by Crippen LogP contribution is -2.48. The zero-order valence-electron chi connectivity index (χ0n) is 10.2. The molecule has 0 amide bonds. The Morgan fingerprint density at radius 2 is 1.81 bits per heavy atom. The van der Waals surface area contributed by atoms with E-state index in [1.165, 1.54) is 0 Å². The maximum Gasteiger partial charge on any atom is 0.115 e. The van der Waals surface area contributed by atoms with Crippen molar-refractivity contribution in [3.05, 3.63) is 29.8 Å². The molecule has 0 aliphatic heterocycles. The molecular weight excluding hydrogens is 202 g/mol. The van der Waals surface area contributed by atoms with Gasteiger partial charge in [0.1, 0.15) is 5.75 Å². The van der Waals surface area contributed by atoms with Crippen LogP contribution in [0.2, 0.25) is 0 Å². The Bertz CT molecular complexity index is 315. The fraction of sp³-hybridized carbons (Fsp3) is 0.538. The summed E-state index contributed by atoms with van der Waals surface area (Å²) in [6.45, 7) is 6.20. The Balaban J connectivity index is 3.04. The van der Waals surface area contributed by atoms with Crippen LogP contribution in [-0.4, -0.2) is 22.9 Å². The van der Waals surface area contributed by atoms with Crippen LogP contribution in [0.3, 0.4) is 0 Å². The molecule has 0 saturated heterocycles. The van der Waals surface area contributed by atoms with Crippen molar-refractivity contribution in [1.82, 2.24) is 5.32 Å². The number of aromatic hydroxyl groups is 1. The number of aliphatic hydroxyl groups excluding tert-OH is 1. The van der Waals surface area contributed by atoms with Crippen LogP contribution in [0.4, 0.5) is 0 Å². The minimum atomic E-state index is -0.415. The van der Waals surface area contributed by atoms with E-state index in [9.17, 15) is 10.2 Å². The summed E-state index contributed by atoms with van der Waals surface area (Å²) in [5.74, 6) is 0.247. The Labute approximate surface area is 97.1 Å². The van der Waals surface area contributed by atoms with Gasteiger partial charge in [-0.3, -0.25) is 0 Å². The first-order chi connectivity index (χ1) is 7.54. The van der Waals surface area contributed by atoms with Gasteiger partial charge in [-0.2, -0.15) is 0 Å². The van der Waals surface area contributed by atoms with Gasteiger partial charge >= 0.3 is 0 Å². The third-order valence-electron chi connectivity index (χ3n) is 2.86. The maximum atomic E-state index is 9.62. The van der Waals surface area contributed by atoms with Crippen LogP contribution >= 0.6 is 0 Å². The average Bonchev–Trinajstić information content (AvgIpc) is 2.27. The van der Waals surface area contributed by atoms with E-state index >= 15 is 0 Å². The second kappa shape index (κ2) is 5.32. The van der Waals surface area contributed by atoms with Crippen molar-refractivity contribution in [2.75, 3.05) is 6.61 Å². The van der Waals surface area contributed by atoms with Crippen LogP contribution in [0.5, 0.6) is 5.75 Å². The maximum absolute atomic E-state index is 9.62. The quantitative estimate of drug-likeness (QED) is 0.715. The first-order valence-electron chi connectivity index (χ1n) is 5.72. The first-order valence-corrected chi connectivity index (χ1v) is 5.72. The molecule has 3 heteroatoms. The first kappa shape index (κ1) is 13.0.